The molecule has 26 heavy (non-hydrogen) atoms. The molecule has 2 aromatic carbocycles. The van der Waals surface area contributed by atoms with Gasteiger partial charge in [-0.05, 0) is 49.2 Å². The van der Waals surface area contributed by atoms with Gasteiger partial charge >= 0.3 is 5.63 Å². The van der Waals surface area contributed by atoms with Gasteiger partial charge in [0.1, 0.15) is 11.4 Å². The fourth-order valence-corrected chi connectivity index (χ4v) is 3.10. The normalized spacial score (nSPS) is 11.0. The number of hydrogen-bond acceptors (Lipinski definition) is 4. The fourth-order valence-electron chi connectivity index (χ4n) is 3.10. The van der Waals surface area contributed by atoms with E-state index in [-0.39, 0.29) is 5.91 Å². The van der Waals surface area contributed by atoms with Crippen LogP contribution in [0.2, 0.25) is 0 Å². The summed E-state index contributed by atoms with van der Waals surface area (Å²) in [4.78, 5) is 29.4. The zero-order chi connectivity index (χ0) is 18.3. The number of anilines is 1. The SMILES string of the molecule is Cc1ccccc1C(=O)Nc1cc(C)c2c(=O)oc3ccccc3c2n1. The largest absolute Gasteiger partial charge is 0.422 e. The molecule has 2 aromatic heterocycles. The number of carbonyl (C=O) groups excluding carboxylic acids is 1. The van der Waals surface area contributed by atoms with Crippen molar-refractivity contribution in [2.75, 3.05) is 5.32 Å². The monoisotopic (exact) mass is 344 g/mol. The van der Waals surface area contributed by atoms with Crippen molar-refractivity contribution in [2.24, 2.45) is 0 Å². The van der Waals surface area contributed by atoms with Crippen molar-refractivity contribution < 1.29 is 9.21 Å². The standard InChI is InChI=1S/C21H16N2O3/c1-12-7-3-4-8-14(12)20(24)23-17-11-13(2)18-19(22-17)15-9-5-6-10-16(15)26-21(18)25/h3-11H,1-2H3,(H,22,23,24). The van der Waals surface area contributed by atoms with Crippen LogP contribution in [-0.4, -0.2) is 10.9 Å². The molecule has 0 unspecified atom stereocenters. The van der Waals surface area contributed by atoms with E-state index in [0.717, 1.165) is 10.9 Å². The Morgan fingerprint density at radius 1 is 1.00 bits per heavy atom. The van der Waals surface area contributed by atoms with E-state index in [9.17, 15) is 9.59 Å². The third-order valence-electron chi connectivity index (χ3n) is 4.40. The Balaban J connectivity index is 1.87. The quantitative estimate of drug-likeness (QED) is 0.437. The summed E-state index contributed by atoms with van der Waals surface area (Å²) in [5.74, 6) is 0.167. The average Bonchev–Trinajstić information content (AvgIpc) is 2.61. The molecule has 0 atom stereocenters. The number of rotatable bonds is 2. The number of nitrogens with zero attached hydrogens (tertiary/aromatic N) is 1. The van der Waals surface area contributed by atoms with Crippen LogP contribution in [0.1, 0.15) is 21.5 Å². The summed E-state index contributed by atoms with van der Waals surface area (Å²) in [5, 5.41) is 4.00. The molecule has 0 spiro atoms. The van der Waals surface area contributed by atoms with E-state index in [4.69, 9.17) is 4.42 Å². The van der Waals surface area contributed by atoms with Gasteiger partial charge < -0.3 is 9.73 Å². The Bertz CT molecular complexity index is 1230. The number of nitrogens with one attached hydrogen (secondary N) is 1. The molecule has 5 nitrogen and oxygen atoms in total. The van der Waals surface area contributed by atoms with E-state index in [1.165, 1.54) is 0 Å². The van der Waals surface area contributed by atoms with Crippen LogP contribution in [0.3, 0.4) is 0 Å². The minimum Gasteiger partial charge on any atom is -0.422 e. The second-order valence-electron chi connectivity index (χ2n) is 6.20. The molecule has 2 heterocycles. The molecular weight excluding hydrogens is 328 g/mol. The number of amides is 1. The van der Waals surface area contributed by atoms with Gasteiger partial charge in [-0.15, -0.1) is 0 Å². The van der Waals surface area contributed by atoms with Crippen molar-refractivity contribution in [2.45, 2.75) is 13.8 Å². The first kappa shape index (κ1) is 16.0. The number of para-hydroxylation sites is 1. The molecule has 0 saturated carbocycles. The highest BCUT2D eigenvalue weighted by atomic mass is 16.4. The first-order chi connectivity index (χ1) is 12.5. The minimum absolute atomic E-state index is 0.235. The molecule has 5 heteroatoms. The van der Waals surface area contributed by atoms with Gasteiger partial charge in [-0.2, -0.15) is 0 Å². The molecule has 0 aliphatic carbocycles. The highest BCUT2D eigenvalue weighted by Crippen LogP contribution is 2.25. The molecule has 0 radical (unpaired) electrons. The lowest BCUT2D eigenvalue weighted by atomic mass is 10.1. The van der Waals surface area contributed by atoms with E-state index in [0.29, 0.717) is 33.4 Å². The van der Waals surface area contributed by atoms with Crippen LogP contribution in [0.4, 0.5) is 5.82 Å². The number of benzene rings is 2. The van der Waals surface area contributed by atoms with Crippen molar-refractivity contribution in [1.29, 1.82) is 0 Å². The molecular formula is C21H16N2O3. The molecule has 4 aromatic rings. The Morgan fingerprint density at radius 3 is 2.54 bits per heavy atom. The van der Waals surface area contributed by atoms with Crippen molar-refractivity contribution in [1.82, 2.24) is 4.98 Å². The molecule has 128 valence electrons. The van der Waals surface area contributed by atoms with Crippen molar-refractivity contribution in [3.05, 3.63) is 81.7 Å². The molecule has 0 saturated heterocycles. The molecule has 0 bridgehead atoms. The van der Waals surface area contributed by atoms with Gasteiger partial charge in [-0.3, -0.25) is 4.79 Å². The minimum atomic E-state index is -0.430. The summed E-state index contributed by atoms with van der Waals surface area (Å²) in [6.45, 7) is 3.69. The first-order valence-electron chi connectivity index (χ1n) is 8.25. The number of pyridine rings is 1. The zero-order valence-electron chi connectivity index (χ0n) is 14.4. The smallest absolute Gasteiger partial charge is 0.346 e. The van der Waals surface area contributed by atoms with E-state index >= 15 is 0 Å². The summed E-state index contributed by atoms with van der Waals surface area (Å²) in [6.07, 6.45) is 0. The van der Waals surface area contributed by atoms with Gasteiger partial charge in [0.05, 0.1) is 10.9 Å². The summed E-state index contributed by atoms with van der Waals surface area (Å²) >= 11 is 0. The summed E-state index contributed by atoms with van der Waals surface area (Å²) in [6, 6.07) is 16.3. The van der Waals surface area contributed by atoms with E-state index in [1.54, 1.807) is 31.2 Å². The predicted octanol–water partition coefficient (Wildman–Crippen LogP) is 4.21. The molecule has 1 N–H and O–H groups in total. The van der Waals surface area contributed by atoms with Crippen LogP contribution in [0, 0.1) is 13.8 Å². The lowest BCUT2D eigenvalue weighted by molar-refractivity contribution is 0.102. The van der Waals surface area contributed by atoms with Gasteiger partial charge in [-0.25, -0.2) is 9.78 Å². The van der Waals surface area contributed by atoms with E-state index in [2.05, 4.69) is 10.3 Å². The summed E-state index contributed by atoms with van der Waals surface area (Å²) in [5.41, 5.74) is 2.74. The maximum Gasteiger partial charge on any atom is 0.346 e. The fraction of sp³-hybridized carbons (Fsp3) is 0.0952. The van der Waals surface area contributed by atoms with Crippen LogP contribution < -0.4 is 10.9 Å². The third kappa shape index (κ3) is 2.63. The van der Waals surface area contributed by atoms with Gasteiger partial charge in [-0.1, -0.05) is 30.3 Å². The predicted molar refractivity (Wildman–Crippen MR) is 102 cm³/mol. The lowest BCUT2D eigenvalue weighted by Crippen LogP contribution is -2.15. The topological polar surface area (TPSA) is 72.2 Å². The number of carbonyl (C=O) groups is 1. The summed E-state index contributed by atoms with van der Waals surface area (Å²) < 4.78 is 5.38. The van der Waals surface area contributed by atoms with E-state index in [1.807, 2.05) is 37.3 Å². The maximum atomic E-state index is 12.6. The Kier molecular flexibility index (Phi) is 3.77. The van der Waals surface area contributed by atoms with Gasteiger partial charge in [0, 0.05) is 10.9 Å². The van der Waals surface area contributed by atoms with Crippen LogP contribution in [0.15, 0.2) is 63.8 Å². The number of aromatic nitrogens is 1. The molecule has 0 aliphatic rings. The maximum absolute atomic E-state index is 12.6. The van der Waals surface area contributed by atoms with E-state index < -0.39 is 5.63 Å². The Labute approximate surface area is 149 Å². The Hall–Kier alpha value is -3.47. The molecule has 0 aliphatic heterocycles. The molecule has 4 rings (SSSR count). The van der Waals surface area contributed by atoms with Crippen molar-refractivity contribution >= 4 is 33.6 Å². The van der Waals surface area contributed by atoms with Crippen LogP contribution in [0.25, 0.3) is 21.9 Å². The number of aryl methyl sites for hydroxylation is 2. The second-order valence-corrected chi connectivity index (χ2v) is 6.20. The highest BCUT2D eigenvalue weighted by molar-refractivity contribution is 6.07. The second kappa shape index (κ2) is 6.11. The van der Waals surface area contributed by atoms with Gasteiger partial charge in [0.15, 0.2) is 0 Å². The third-order valence-corrected chi connectivity index (χ3v) is 4.40. The lowest BCUT2D eigenvalue weighted by Gasteiger charge is -2.10. The highest BCUT2D eigenvalue weighted by Gasteiger charge is 2.15. The zero-order valence-corrected chi connectivity index (χ0v) is 14.4. The molecule has 1 amide bonds. The molecule has 0 fully saturated rings. The van der Waals surface area contributed by atoms with Crippen molar-refractivity contribution in [3.63, 3.8) is 0 Å². The van der Waals surface area contributed by atoms with Crippen LogP contribution in [-0.2, 0) is 0 Å². The van der Waals surface area contributed by atoms with Crippen LogP contribution >= 0.6 is 0 Å². The van der Waals surface area contributed by atoms with Gasteiger partial charge in [0.25, 0.3) is 5.91 Å². The average molecular weight is 344 g/mol. The Morgan fingerprint density at radius 2 is 1.73 bits per heavy atom. The van der Waals surface area contributed by atoms with Gasteiger partial charge in [0.2, 0.25) is 0 Å². The summed E-state index contributed by atoms with van der Waals surface area (Å²) in [7, 11) is 0. The number of fused-ring (bicyclic) bond motifs is 3. The van der Waals surface area contributed by atoms with Crippen molar-refractivity contribution in [3.8, 4) is 0 Å². The number of hydrogen-bond donors (Lipinski definition) is 1. The van der Waals surface area contributed by atoms with Crippen LogP contribution in [0.5, 0.6) is 0 Å². The first-order valence-corrected chi connectivity index (χ1v) is 8.25.